The fourth-order valence-electron chi connectivity index (χ4n) is 1.53. The molecule has 0 aliphatic carbocycles. The highest BCUT2D eigenvalue weighted by Gasteiger charge is 2.00. The van der Waals surface area contributed by atoms with E-state index in [0.29, 0.717) is 12.2 Å². The van der Waals surface area contributed by atoms with Crippen molar-refractivity contribution in [3.63, 3.8) is 0 Å². The quantitative estimate of drug-likeness (QED) is 0.657. The Kier molecular flexibility index (Phi) is 5.86. The predicted molar refractivity (Wildman–Crippen MR) is 83.2 cm³/mol. The van der Waals surface area contributed by atoms with Gasteiger partial charge in [0.2, 0.25) is 0 Å². The first-order valence-corrected chi connectivity index (χ1v) is 6.26. The molecule has 0 aliphatic rings. The Balaban J connectivity index is 0.00000180. The highest BCUT2D eigenvalue weighted by molar-refractivity contribution is 9.10. The number of hydrogen-bond acceptors (Lipinski definition) is 2. The van der Waals surface area contributed by atoms with Crippen LogP contribution >= 0.6 is 28.3 Å². The normalized spacial score (nSPS) is 9.53. The molecule has 0 aromatic heterocycles. The molecule has 0 fully saturated rings. The average molecular weight is 342 g/mol. The zero-order valence-corrected chi connectivity index (χ0v) is 12.5. The zero-order valence-electron chi connectivity index (χ0n) is 10.1. The maximum atomic E-state index is 7.38. The Morgan fingerprint density at radius 1 is 1.16 bits per heavy atom. The van der Waals surface area contributed by atoms with Crippen LogP contribution in [-0.2, 0) is 6.61 Å². The minimum atomic E-state index is 0. The first kappa shape index (κ1) is 15.5. The van der Waals surface area contributed by atoms with Crippen molar-refractivity contribution in [1.82, 2.24) is 0 Å². The average Bonchev–Trinajstić information content (AvgIpc) is 2.38. The lowest BCUT2D eigenvalue weighted by Crippen LogP contribution is -2.11. The van der Waals surface area contributed by atoms with E-state index in [4.69, 9.17) is 15.9 Å². The molecule has 0 amide bonds. The van der Waals surface area contributed by atoms with Gasteiger partial charge >= 0.3 is 0 Å². The minimum Gasteiger partial charge on any atom is -0.489 e. The molecule has 100 valence electrons. The molecule has 0 saturated carbocycles. The third kappa shape index (κ3) is 4.58. The molecule has 2 rings (SSSR count). The van der Waals surface area contributed by atoms with Gasteiger partial charge in [-0.25, -0.2) is 0 Å². The lowest BCUT2D eigenvalue weighted by atomic mass is 10.1. The van der Waals surface area contributed by atoms with Gasteiger partial charge in [-0.2, -0.15) is 0 Å². The van der Waals surface area contributed by atoms with Gasteiger partial charge in [-0.15, -0.1) is 12.4 Å². The highest BCUT2D eigenvalue weighted by atomic mass is 79.9. The number of nitrogen functional groups attached to an aromatic ring is 1. The molecule has 0 radical (unpaired) electrons. The predicted octanol–water partition coefficient (Wildman–Crippen LogP) is 3.73. The minimum absolute atomic E-state index is 0. The number of hydrogen-bond donors (Lipinski definition) is 2. The monoisotopic (exact) mass is 340 g/mol. The number of nitrogens with one attached hydrogen (secondary N) is 1. The number of halogens is 2. The Morgan fingerprint density at radius 3 is 2.47 bits per heavy atom. The van der Waals surface area contributed by atoms with Crippen LogP contribution in [0, 0.1) is 5.41 Å². The number of ether oxygens (including phenoxy) is 1. The summed E-state index contributed by atoms with van der Waals surface area (Å²) in [5.74, 6) is 0.881. The van der Waals surface area contributed by atoms with Gasteiger partial charge in [0.25, 0.3) is 0 Å². The van der Waals surface area contributed by atoms with Crippen LogP contribution in [0.3, 0.4) is 0 Å². The first-order valence-electron chi connectivity index (χ1n) is 5.47. The molecule has 0 saturated heterocycles. The van der Waals surface area contributed by atoms with Crippen molar-refractivity contribution in [1.29, 1.82) is 5.41 Å². The molecular weight excluding hydrogens is 328 g/mol. The van der Waals surface area contributed by atoms with Crippen molar-refractivity contribution in [3.05, 3.63) is 64.1 Å². The van der Waals surface area contributed by atoms with Crippen molar-refractivity contribution < 1.29 is 4.74 Å². The van der Waals surface area contributed by atoms with E-state index in [0.717, 1.165) is 15.8 Å². The van der Waals surface area contributed by atoms with E-state index in [1.54, 1.807) is 0 Å². The van der Waals surface area contributed by atoms with E-state index in [-0.39, 0.29) is 18.2 Å². The van der Waals surface area contributed by atoms with Gasteiger partial charge in [-0.05, 0) is 35.9 Å². The summed E-state index contributed by atoms with van der Waals surface area (Å²) in [5, 5.41) is 7.38. The van der Waals surface area contributed by atoms with Crippen LogP contribution in [0.4, 0.5) is 0 Å². The van der Waals surface area contributed by atoms with Crippen LogP contribution in [-0.4, -0.2) is 5.84 Å². The fourth-order valence-corrected chi connectivity index (χ4v) is 1.79. The van der Waals surface area contributed by atoms with Crippen molar-refractivity contribution in [2.24, 2.45) is 5.73 Å². The smallest absolute Gasteiger partial charge is 0.122 e. The Bertz CT molecular complexity index is 558. The van der Waals surface area contributed by atoms with Gasteiger partial charge < -0.3 is 10.5 Å². The summed E-state index contributed by atoms with van der Waals surface area (Å²) in [5.41, 5.74) is 7.15. The van der Waals surface area contributed by atoms with E-state index in [2.05, 4.69) is 15.9 Å². The largest absolute Gasteiger partial charge is 0.489 e. The molecule has 2 aromatic rings. The SMILES string of the molecule is Cl.N=C(N)c1cccc(COc2ccc(Br)cc2)c1. The van der Waals surface area contributed by atoms with Gasteiger partial charge in [-0.1, -0.05) is 34.1 Å². The van der Waals surface area contributed by atoms with E-state index in [1.807, 2.05) is 48.5 Å². The summed E-state index contributed by atoms with van der Waals surface area (Å²) in [6.45, 7) is 0.461. The molecule has 0 spiro atoms. The van der Waals surface area contributed by atoms with Gasteiger partial charge in [-0.3, -0.25) is 5.41 Å². The highest BCUT2D eigenvalue weighted by Crippen LogP contribution is 2.17. The Labute approximate surface area is 126 Å². The number of benzene rings is 2. The van der Waals surface area contributed by atoms with Crippen LogP contribution in [0.2, 0.25) is 0 Å². The van der Waals surface area contributed by atoms with Gasteiger partial charge in [0, 0.05) is 10.0 Å². The van der Waals surface area contributed by atoms with Crippen LogP contribution in [0.25, 0.3) is 0 Å². The standard InChI is InChI=1S/C14H13BrN2O.ClH/c15-12-4-6-13(7-5-12)18-9-10-2-1-3-11(8-10)14(16)17;/h1-8H,9H2,(H3,16,17);1H. The van der Waals surface area contributed by atoms with Crippen LogP contribution in [0.15, 0.2) is 53.0 Å². The summed E-state index contributed by atoms with van der Waals surface area (Å²) in [7, 11) is 0. The van der Waals surface area contributed by atoms with Crippen LogP contribution in [0.5, 0.6) is 5.75 Å². The van der Waals surface area contributed by atoms with Gasteiger partial charge in [0.1, 0.15) is 18.2 Å². The lowest BCUT2D eigenvalue weighted by molar-refractivity contribution is 0.306. The summed E-state index contributed by atoms with van der Waals surface area (Å²) >= 11 is 3.37. The third-order valence-electron chi connectivity index (χ3n) is 2.46. The molecule has 3 nitrogen and oxygen atoms in total. The molecule has 0 unspecified atom stereocenters. The van der Waals surface area contributed by atoms with E-state index in [1.165, 1.54) is 0 Å². The van der Waals surface area contributed by atoms with Crippen molar-refractivity contribution >= 4 is 34.2 Å². The van der Waals surface area contributed by atoms with Crippen molar-refractivity contribution in [2.45, 2.75) is 6.61 Å². The van der Waals surface area contributed by atoms with Crippen LogP contribution in [0.1, 0.15) is 11.1 Å². The van der Waals surface area contributed by atoms with E-state index in [9.17, 15) is 0 Å². The topological polar surface area (TPSA) is 59.1 Å². The van der Waals surface area contributed by atoms with Crippen LogP contribution < -0.4 is 10.5 Å². The molecule has 0 heterocycles. The van der Waals surface area contributed by atoms with Gasteiger partial charge in [0.15, 0.2) is 0 Å². The Morgan fingerprint density at radius 2 is 1.84 bits per heavy atom. The maximum Gasteiger partial charge on any atom is 0.122 e. The van der Waals surface area contributed by atoms with Gasteiger partial charge in [0.05, 0.1) is 0 Å². The van der Waals surface area contributed by atoms with Crippen molar-refractivity contribution in [3.8, 4) is 5.75 Å². The maximum absolute atomic E-state index is 7.38. The first-order chi connectivity index (χ1) is 8.65. The number of amidine groups is 1. The summed E-state index contributed by atoms with van der Waals surface area (Å²) < 4.78 is 6.67. The zero-order chi connectivity index (χ0) is 13.0. The second kappa shape index (κ2) is 7.16. The lowest BCUT2D eigenvalue weighted by Gasteiger charge is -2.07. The number of nitrogens with two attached hydrogens (primary N) is 1. The molecule has 0 aliphatic heterocycles. The summed E-state index contributed by atoms with van der Waals surface area (Å²) in [6, 6.07) is 15.2. The molecule has 0 atom stereocenters. The number of rotatable bonds is 4. The molecule has 5 heteroatoms. The second-order valence-electron chi connectivity index (χ2n) is 3.86. The molecular formula is C14H14BrClN2O. The van der Waals surface area contributed by atoms with Crippen molar-refractivity contribution in [2.75, 3.05) is 0 Å². The van der Waals surface area contributed by atoms with E-state index < -0.39 is 0 Å². The Hall–Kier alpha value is -1.52. The van der Waals surface area contributed by atoms with E-state index >= 15 is 0 Å². The summed E-state index contributed by atoms with van der Waals surface area (Å²) in [4.78, 5) is 0. The molecule has 19 heavy (non-hydrogen) atoms. The summed E-state index contributed by atoms with van der Waals surface area (Å²) in [6.07, 6.45) is 0. The fraction of sp³-hybridized carbons (Fsp3) is 0.0714. The second-order valence-corrected chi connectivity index (χ2v) is 4.77. The molecule has 3 N–H and O–H groups in total. The molecule has 2 aromatic carbocycles. The molecule has 0 bridgehead atoms. The third-order valence-corrected chi connectivity index (χ3v) is 2.99.